The molecule has 0 radical (unpaired) electrons. The van der Waals surface area contributed by atoms with Gasteiger partial charge in [-0.25, -0.2) is 0 Å². The third-order valence-electron chi connectivity index (χ3n) is 5.02. The van der Waals surface area contributed by atoms with Crippen molar-refractivity contribution in [2.24, 2.45) is 4.99 Å². The molecule has 0 amide bonds. The average Bonchev–Trinajstić information content (AvgIpc) is 3.38. The summed E-state index contributed by atoms with van der Waals surface area (Å²) in [4.78, 5) is 8.27. The van der Waals surface area contributed by atoms with Crippen LogP contribution in [-0.2, 0) is 0 Å². The van der Waals surface area contributed by atoms with Gasteiger partial charge in [-0.3, -0.25) is 4.99 Å². The molecule has 0 saturated carbocycles. The molecule has 0 bridgehead atoms. The number of nitrogens with one attached hydrogen (secondary N) is 2. The first-order chi connectivity index (χ1) is 12.7. The number of guanidine groups is 1. The zero-order valence-electron chi connectivity index (χ0n) is 16.0. The van der Waals surface area contributed by atoms with E-state index in [0.717, 1.165) is 12.5 Å². The molecular formula is C21H30N4S. The molecule has 0 aliphatic carbocycles. The van der Waals surface area contributed by atoms with Gasteiger partial charge in [-0.1, -0.05) is 25.1 Å². The van der Waals surface area contributed by atoms with E-state index in [1.165, 1.54) is 42.1 Å². The van der Waals surface area contributed by atoms with Crippen LogP contribution in [-0.4, -0.2) is 32.6 Å². The largest absolute Gasteiger partial charge is 0.372 e. The molecule has 2 N–H and O–H groups in total. The highest BCUT2D eigenvalue weighted by Crippen LogP contribution is 2.24. The van der Waals surface area contributed by atoms with E-state index in [4.69, 9.17) is 0 Å². The van der Waals surface area contributed by atoms with E-state index in [0.29, 0.717) is 5.92 Å². The fourth-order valence-electron chi connectivity index (χ4n) is 3.37. The predicted octanol–water partition coefficient (Wildman–Crippen LogP) is 4.38. The molecule has 2 aromatic rings. The Bertz CT molecular complexity index is 705. The van der Waals surface area contributed by atoms with Crippen molar-refractivity contribution >= 4 is 23.0 Å². The summed E-state index contributed by atoms with van der Waals surface area (Å²) < 4.78 is 0. The number of aliphatic imine (C=N–C) groups is 1. The molecule has 2 atom stereocenters. The fraction of sp³-hybridized carbons (Fsp3) is 0.476. The smallest absolute Gasteiger partial charge is 0.191 e. The van der Waals surface area contributed by atoms with Gasteiger partial charge >= 0.3 is 0 Å². The number of hydrogen-bond donors (Lipinski definition) is 2. The Labute approximate surface area is 161 Å². The standard InChI is InChI=1S/C21H30N4S/c1-16(20-10-7-13-26-20)15-23-21(22-3)24-17(2)18-8-6-9-19(14-18)25-11-4-5-12-25/h6-10,13-14,16-17H,4-5,11-12,15H2,1-3H3,(H2,22,23,24). The summed E-state index contributed by atoms with van der Waals surface area (Å²) in [5.41, 5.74) is 2.63. The zero-order valence-corrected chi connectivity index (χ0v) is 16.9. The first-order valence-electron chi connectivity index (χ1n) is 9.53. The zero-order chi connectivity index (χ0) is 18.4. The molecular weight excluding hydrogens is 340 g/mol. The van der Waals surface area contributed by atoms with Crippen LogP contribution in [0.5, 0.6) is 0 Å². The minimum absolute atomic E-state index is 0.209. The number of nitrogens with zero attached hydrogens (tertiary/aromatic N) is 2. The van der Waals surface area contributed by atoms with Gasteiger partial charge in [0.15, 0.2) is 5.96 Å². The highest BCUT2D eigenvalue weighted by Gasteiger charge is 2.15. The van der Waals surface area contributed by atoms with Gasteiger partial charge in [-0.05, 0) is 48.9 Å². The van der Waals surface area contributed by atoms with E-state index in [2.05, 4.69) is 76.2 Å². The molecule has 0 spiro atoms. The average molecular weight is 371 g/mol. The van der Waals surface area contributed by atoms with Crippen LogP contribution in [0.25, 0.3) is 0 Å². The van der Waals surface area contributed by atoms with Crippen molar-refractivity contribution < 1.29 is 0 Å². The van der Waals surface area contributed by atoms with Crippen LogP contribution in [0.15, 0.2) is 46.8 Å². The number of anilines is 1. The summed E-state index contributed by atoms with van der Waals surface area (Å²) >= 11 is 1.81. The summed E-state index contributed by atoms with van der Waals surface area (Å²) in [7, 11) is 1.83. The van der Waals surface area contributed by atoms with Crippen molar-refractivity contribution in [1.82, 2.24) is 10.6 Å². The molecule has 2 heterocycles. The first kappa shape index (κ1) is 18.8. The number of thiophene rings is 1. The van der Waals surface area contributed by atoms with Crippen LogP contribution in [0.1, 0.15) is 49.1 Å². The van der Waals surface area contributed by atoms with E-state index in [1.807, 2.05) is 18.4 Å². The van der Waals surface area contributed by atoms with Crippen LogP contribution in [0.3, 0.4) is 0 Å². The monoisotopic (exact) mass is 370 g/mol. The van der Waals surface area contributed by atoms with Gasteiger partial charge in [0.05, 0.1) is 6.04 Å². The molecule has 1 aliphatic heterocycles. The summed E-state index contributed by atoms with van der Waals surface area (Å²) in [6.45, 7) is 7.67. The molecule has 1 aromatic heterocycles. The summed E-state index contributed by atoms with van der Waals surface area (Å²) in [5, 5.41) is 9.12. The quantitative estimate of drug-likeness (QED) is 0.586. The molecule has 26 heavy (non-hydrogen) atoms. The third-order valence-corrected chi connectivity index (χ3v) is 6.13. The molecule has 5 heteroatoms. The Balaban J connectivity index is 1.57. The number of benzene rings is 1. The lowest BCUT2D eigenvalue weighted by atomic mass is 10.1. The molecule has 2 unspecified atom stereocenters. The van der Waals surface area contributed by atoms with Crippen molar-refractivity contribution in [2.45, 2.75) is 38.6 Å². The van der Waals surface area contributed by atoms with Gasteiger partial charge < -0.3 is 15.5 Å². The Morgan fingerprint density at radius 2 is 2.00 bits per heavy atom. The molecule has 1 aliphatic rings. The van der Waals surface area contributed by atoms with Gasteiger partial charge in [0.1, 0.15) is 0 Å². The molecule has 1 aromatic carbocycles. The van der Waals surface area contributed by atoms with Gasteiger partial charge in [0.2, 0.25) is 0 Å². The van der Waals surface area contributed by atoms with E-state index >= 15 is 0 Å². The minimum atomic E-state index is 0.209. The molecule has 1 saturated heterocycles. The Morgan fingerprint density at radius 1 is 1.19 bits per heavy atom. The van der Waals surface area contributed by atoms with Crippen molar-refractivity contribution in [3.8, 4) is 0 Å². The highest BCUT2D eigenvalue weighted by atomic mass is 32.1. The van der Waals surface area contributed by atoms with Crippen molar-refractivity contribution in [3.05, 3.63) is 52.2 Å². The van der Waals surface area contributed by atoms with Crippen LogP contribution >= 0.6 is 11.3 Å². The third kappa shape index (κ3) is 4.79. The molecule has 1 fully saturated rings. The second-order valence-electron chi connectivity index (χ2n) is 7.02. The maximum absolute atomic E-state index is 4.39. The lowest BCUT2D eigenvalue weighted by molar-refractivity contribution is 0.661. The van der Waals surface area contributed by atoms with Gasteiger partial charge in [-0.2, -0.15) is 0 Å². The molecule has 3 rings (SSSR count). The topological polar surface area (TPSA) is 39.7 Å². The Hall–Kier alpha value is -2.01. The fourth-order valence-corrected chi connectivity index (χ4v) is 4.16. The van der Waals surface area contributed by atoms with Crippen molar-refractivity contribution in [2.75, 3.05) is 31.6 Å². The lowest BCUT2D eigenvalue weighted by Crippen LogP contribution is -2.40. The summed E-state index contributed by atoms with van der Waals surface area (Å²) in [5.74, 6) is 1.33. The van der Waals surface area contributed by atoms with E-state index < -0.39 is 0 Å². The SMILES string of the molecule is CN=C(NCC(C)c1cccs1)NC(C)c1cccc(N2CCCC2)c1. The summed E-state index contributed by atoms with van der Waals surface area (Å²) in [6, 6.07) is 13.4. The second kappa shape index (κ2) is 9.08. The van der Waals surface area contributed by atoms with Gasteiger partial charge in [0.25, 0.3) is 0 Å². The minimum Gasteiger partial charge on any atom is -0.372 e. The van der Waals surface area contributed by atoms with E-state index in [-0.39, 0.29) is 6.04 Å². The number of rotatable bonds is 6. The Morgan fingerprint density at radius 3 is 2.69 bits per heavy atom. The van der Waals surface area contributed by atoms with Gasteiger partial charge in [0, 0.05) is 43.2 Å². The van der Waals surface area contributed by atoms with Crippen LogP contribution in [0.2, 0.25) is 0 Å². The van der Waals surface area contributed by atoms with Gasteiger partial charge in [-0.15, -0.1) is 11.3 Å². The first-order valence-corrected chi connectivity index (χ1v) is 10.4. The number of hydrogen-bond acceptors (Lipinski definition) is 3. The van der Waals surface area contributed by atoms with Crippen molar-refractivity contribution in [1.29, 1.82) is 0 Å². The second-order valence-corrected chi connectivity index (χ2v) is 8.00. The maximum atomic E-state index is 4.39. The maximum Gasteiger partial charge on any atom is 0.191 e. The van der Waals surface area contributed by atoms with E-state index in [1.54, 1.807) is 0 Å². The summed E-state index contributed by atoms with van der Waals surface area (Å²) in [6.07, 6.45) is 2.61. The van der Waals surface area contributed by atoms with E-state index in [9.17, 15) is 0 Å². The van der Waals surface area contributed by atoms with Crippen LogP contribution in [0, 0.1) is 0 Å². The van der Waals surface area contributed by atoms with Crippen LogP contribution in [0.4, 0.5) is 5.69 Å². The predicted molar refractivity (Wildman–Crippen MR) is 114 cm³/mol. The molecule has 140 valence electrons. The lowest BCUT2D eigenvalue weighted by Gasteiger charge is -2.22. The molecule has 4 nitrogen and oxygen atoms in total. The van der Waals surface area contributed by atoms with Crippen LogP contribution < -0.4 is 15.5 Å². The highest BCUT2D eigenvalue weighted by molar-refractivity contribution is 7.10. The van der Waals surface area contributed by atoms with Crippen molar-refractivity contribution in [3.63, 3.8) is 0 Å². The normalized spacial score (nSPS) is 17.2. The Kier molecular flexibility index (Phi) is 6.56.